The van der Waals surface area contributed by atoms with Crippen LogP contribution in [0.25, 0.3) is 0 Å². The van der Waals surface area contributed by atoms with E-state index in [-0.39, 0.29) is 0 Å². The molecule has 0 amide bonds. The van der Waals surface area contributed by atoms with Crippen LogP contribution in [0.5, 0.6) is 0 Å². The second-order valence-corrected chi connectivity index (χ2v) is 4.34. The lowest BCUT2D eigenvalue weighted by atomic mass is 9.96. The number of oxime groups is 1. The van der Waals surface area contributed by atoms with Crippen molar-refractivity contribution in [3.8, 4) is 0 Å². The number of hydrogen-bond acceptors (Lipinski definition) is 3. The summed E-state index contributed by atoms with van der Waals surface area (Å²) < 4.78 is 0. The molecule has 16 heavy (non-hydrogen) atoms. The van der Waals surface area contributed by atoms with Crippen LogP contribution >= 0.6 is 0 Å². The van der Waals surface area contributed by atoms with E-state index in [1.165, 1.54) is 11.1 Å². The molecule has 0 bridgehead atoms. The zero-order valence-electron chi connectivity index (χ0n) is 11.0. The molecule has 1 aromatic heterocycles. The standard InChI is InChI=1S/C13H20N2O/c1-8(2)13-9(3)7-12(14-11(13)5)10(4)15-16-6/h7-8H,1-6H3/b15-10+. The maximum absolute atomic E-state index is 4.76. The summed E-state index contributed by atoms with van der Waals surface area (Å²) >= 11 is 0. The van der Waals surface area contributed by atoms with Gasteiger partial charge in [-0.05, 0) is 43.9 Å². The first-order chi connectivity index (χ1) is 7.47. The molecule has 1 rings (SSSR count). The van der Waals surface area contributed by atoms with Crippen LogP contribution in [0.2, 0.25) is 0 Å². The quantitative estimate of drug-likeness (QED) is 0.579. The Morgan fingerprint density at radius 3 is 2.44 bits per heavy atom. The van der Waals surface area contributed by atoms with Gasteiger partial charge in [0.25, 0.3) is 0 Å². The molecular weight excluding hydrogens is 200 g/mol. The lowest BCUT2D eigenvalue weighted by Gasteiger charge is -2.14. The molecule has 0 atom stereocenters. The first-order valence-corrected chi connectivity index (χ1v) is 5.53. The molecule has 0 saturated carbocycles. The summed E-state index contributed by atoms with van der Waals surface area (Å²) in [5, 5.41) is 3.91. The Bertz CT molecular complexity index is 385. The fraction of sp³-hybridized carbons (Fsp3) is 0.538. The zero-order chi connectivity index (χ0) is 12.3. The van der Waals surface area contributed by atoms with Gasteiger partial charge >= 0.3 is 0 Å². The van der Waals surface area contributed by atoms with Crippen LogP contribution in [0, 0.1) is 13.8 Å². The van der Waals surface area contributed by atoms with E-state index in [1.54, 1.807) is 7.11 Å². The molecule has 0 N–H and O–H groups in total. The molecule has 0 radical (unpaired) electrons. The van der Waals surface area contributed by atoms with Gasteiger partial charge in [-0.15, -0.1) is 0 Å². The fourth-order valence-electron chi connectivity index (χ4n) is 2.08. The Morgan fingerprint density at radius 1 is 1.38 bits per heavy atom. The highest BCUT2D eigenvalue weighted by atomic mass is 16.6. The minimum atomic E-state index is 0.501. The number of rotatable bonds is 3. The number of nitrogens with zero attached hydrogens (tertiary/aromatic N) is 2. The molecule has 0 spiro atoms. The number of aromatic nitrogens is 1. The monoisotopic (exact) mass is 220 g/mol. The van der Waals surface area contributed by atoms with Crippen LogP contribution in [0.3, 0.4) is 0 Å². The molecule has 0 aliphatic heterocycles. The third-order valence-corrected chi connectivity index (χ3v) is 2.63. The van der Waals surface area contributed by atoms with E-state index in [9.17, 15) is 0 Å². The maximum Gasteiger partial charge on any atom is 0.106 e. The lowest BCUT2D eigenvalue weighted by molar-refractivity contribution is 0.213. The molecule has 0 unspecified atom stereocenters. The molecule has 0 aliphatic carbocycles. The first kappa shape index (κ1) is 12.7. The van der Waals surface area contributed by atoms with Crippen LogP contribution in [-0.2, 0) is 4.84 Å². The van der Waals surface area contributed by atoms with Crippen LogP contribution in [-0.4, -0.2) is 17.8 Å². The van der Waals surface area contributed by atoms with Crippen molar-refractivity contribution in [1.82, 2.24) is 4.98 Å². The van der Waals surface area contributed by atoms with Gasteiger partial charge in [0.2, 0.25) is 0 Å². The summed E-state index contributed by atoms with van der Waals surface area (Å²) in [6.45, 7) is 10.4. The summed E-state index contributed by atoms with van der Waals surface area (Å²) in [5.74, 6) is 0.501. The van der Waals surface area contributed by atoms with E-state index in [4.69, 9.17) is 4.84 Å². The predicted octanol–water partition coefficient (Wildman–Crippen LogP) is 3.19. The van der Waals surface area contributed by atoms with Gasteiger partial charge in [0.15, 0.2) is 0 Å². The molecule has 0 aliphatic rings. The maximum atomic E-state index is 4.76. The van der Waals surface area contributed by atoms with Gasteiger partial charge in [0.05, 0.1) is 5.69 Å². The Labute approximate surface area is 97.5 Å². The second-order valence-electron chi connectivity index (χ2n) is 4.34. The predicted molar refractivity (Wildman–Crippen MR) is 67.0 cm³/mol. The molecule has 0 aromatic carbocycles. The summed E-state index contributed by atoms with van der Waals surface area (Å²) in [5.41, 5.74) is 5.37. The van der Waals surface area contributed by atoms with Gasteiger partial charge in [-0.1, -0.05) is 19.0 Å². The van der Waals surface area contributed by atoms with Gasteiger partial charge in [0.1, 0.15) is 12.8 Å². The third-order valence-electron chi connectivity index (χ3n) is 2.63. The van der Waals surface area contributed by atoms with Crippen LogP contribution in [0.15, 0.2) is 11.2 Å². The SMILES string of the molecule is CO/N=C(\C)c1cc(C)c(C(C)C)c(C)n1. The van der Waals surface area contributed by atoms with Crippen molar-refractivity contribution in [3.63, 3.8) is 0 Å². The highest BCUT2D eigenvalue weighted by Crippen LogP contribution is 2.22. The Hall–Kier alpha value is -1.38. The van der Waals surface area contributed by atoms with Crippen molar-refractivity contribution in [3.05, 3.63) is 28.6 Å². The number of aryl methyl sites for hydroxylation is 2. The summed E-state index contributed by atoms with van der Waals surface area (Å²) in [6, 6.07) is 2.07. The summed E-state index contributed by atoms with van der Waals surface area (Å²) in [4.78, 5) is 9.33. The van der Waals surface area contributed by atoms with Gasteiger partial charge in [0, 0.05) is 5.69 Å². The van der Waals surface area contributed by atoms with Crippen molar-refractivity contribution in [2.24, 2.45) is 5.16 Å². The first-order valence-electron chi connectivity index (χ1n) is 5.53. The van der Waals surface area contributed by atoms with Crippen LogP contribution in [0.4, 0.5) is 0 Å². The minimum absolute atomic E-state index is 0.501. The third kappa shape index (κ3) is 2.60. The molecule has 0 fully saturated rings. The van der Waals surface area contributed by atoms with E-state index >= 15 is 0 Å². The zero-order valence-corrected chi connectivity index (χ0v) is 11.0. The molecule has 3 heteroatoms. The highest BCUT2D eigenvalue weighted by Gasteiger charge is 2.11. The average Bonchev–Trinajstić information content (AvgIpc) is 2.16. The number of hydrogen-bond donors (Lipinski definition) is 0. The Kier molecular flexibility index (Phi) is 4.05. The molecule has 1 heterocycles. The topological polar surface area (TPSA) is 34.5 Å². The van der Waals surface area contributed by atoms with E-state index in [0.717, 1.165) is 17.1 Å². The van der Waals surface area contributed by atoms with Crippen LogP contribution in [0.1, 0.15) is 49.2 Å². The van der Waals surface area contributed by atoms with Gasteiger partial charge in [-0.3, -0.25) is 4.98 Å². The van der Waals surface area contributed by atoms with Crippen molar-refractivity contribution in [2.45, 2.75) is 40.5 Å². The van der Waals surface area contributed by atoms with E-state index in [1.807, 2.05) is 13.8 Å². The largest absolute Gasteiger partial charge is 0.399 e. The fourth-order valence-corrected chi connectivity index (χ4v) is 2.08. The Balaban J connectivity index is 3.25. The van der Waals surface area contributed by atoms with Gasteiger partial charge in [-0.25, -0.2) is 0 Å². The van der Waals surface area contributed by atoms with Crippen molar-refractivity contribution >= 4 is 5.71 Å². The average molecular weight is 220 g/mol. The molecule has 1 aromatic rings. The van der Waals surface area contributed by atoms with Gasteiger partial charge < -0.3 is 4.84 Å². The second kappa shape index (κ2) is 5.10. The molecule has 3 nitrogen and oxygen atoms in total. The lowest BCUT2D eigenvalue weighted by Crippen LogP contribution is -2.06. The van der Waals surface area contributed by atoms with Crippen molar-refractivity contribution in [1.29, 1.82) is 0 Å². The smallest absolute Gasteiger partial charge is 0.106 e. The van der Waals surface area contributed by atoms with E-state index < -0.39 is 0 Å². The van der Waals surface area contributed by atoms with Crippen molar-refractivity contribution < 1.29 is 4.84 Å². The van der Waals surface area contributed by atoms with Gasteiger partial charge in [-0.2, -0.15) is 0 Å². The highest BCUT2D eigenvalue weighted by molar-refractivity contribution is 5.96. The van der Waals surface area contributed by atoms with Crippen molar-refractivity contribution in [2.75, 3.05) is 7.11 Å². The minimum Gasteiger partial charge on any atom is -0.399 e. The molecule has 0 saturated heterocycles. The molecule has 88 valence electrons. The normalized spacial score (nSPS) is 12.1. The van der Waals surface area contributed by atoms with E-state index in [0.29, 0.717) is 5.92 Å². The van der Waals surface area contributed by atoms with E-state index in [2.05, 4.69) is 37.0 Å². The van der Waals surface area contributed by atoms with Crippen LogP contribution < -0.4 is 0 Å². The number of pyridine rings is 1. The Morgan fingerprint density at radius 2 is 2.00 bits per heavy atom. The summed E-state index contributed by atoms with van der Waals surface area (Å²) in [6.07, 6.45) is 0. The summed E-state index contributed by atoms with van der Waals surface area (Å²) in [7, 11) is 1.55. The molecular formula is C13H20N2O.